The van der Waals surface area contributed by atoms with Crippen molar-refractivity contribution >= 4 is 0 Å². The van der Waals surface area contributed by atoms with Crippen LogP contribution in [-0.2, 0) is 13.0 Å². The van der Waals surface area contributed by atoms with E-state index in [0.29, 0.717) is 18.2 Å². The highest BCUT2D eigenvalue weighted by Crippen LogP contribution is 2.32. The first-order valence-corrected chi connectivity index (χ1v) is 7.11. The van der Waals surface area contributed by atoms with Crippen LogP contribution < -0.4 is 10.5 Å². The van der Waals surface area contributed by atoms with Gasteiger partial charge in [-0.1, -0.05) is 12.1 Å². The second-order valence-corrected chi connectivity index (χ2v) is 5.41. The number of nitrogens with zero attached hydrogens (tertiary/aromatic N) is 1. The van der Waals surface area contributed by atoms with E-state index in [1.54, 1.807) is 13.2 Å². The SMILES string of the molecule is C=CCc1cc(CN2CCC(N)CC2)cc(OC)c1O. The Morgan fingerprint density at radius 3 is 2.75 bits per heavy atom. The number of methoxy groups -OCH3 is 1. The van der Waals surface area contributed by atoms with E-state index in [4.69, 9.17) is 10.5 Å². The van der Waals surface area contributed by atoms with Crippen molar-refractivity contribution in [2.45, 2.75) is 31.8 Å². The van der Waals surface area contributed by atoms with Crippen LogP contribution in [0.1, 0.15) is 24.0 Å². The zero-order valence-corrected chi connectivity index (χ0v) is 12.1. The minimum absolute atomic E-state index is 0.219. The Morgan fingerprint density at radius 1 is 1.45 bits per heavy atom. The highest BCUT2D eigenvalue weighted by molar-refractivity contribution is 5.49. The molecule has 3 N–H and O–H groups in total. The van der Waals surface area contributed by atoms with E-state index in [-0.39, 0.29) is 5.75 Å². The van der Waals surface area contributed by atoms with Gasteiger partial charge in [0.05, 0.1) is 7.11 Å². The summed E-state index contributed by atoms with van der Waals surface area (Å²) in [5.41, 5.74) is 7.95. The summed E-state index contributed by atoms with van der Waals surface area (Å²) in [5.74, 6) is 0.755. The summed E-state index contributed by atoms with van der Waals surface area (Å²) in [5, 5.41) is 10.1. The largest absolute Gasteiger partial charge is 0.504 e. The number of rotatable bonds is 5. The predicted octanol–water partition coefficient (Wildman–Crippen LogP) is 2.05. The van der Waals surface area contributed by atoms with Crippen LogP contribution in [0.2, 0.25) is 0 Å². The molecule has 0 spiro atoms. The fourth-order valence-electron chi connectivity index (χ4n) is 2.66. The van der Waals surface area contributed by atoms with E-state index in [9.17, 15) is 5.11 Å². The minimum atomic E-state index is 0.219. The fourth-order valence-corrected chi connectivity index (χ4v) is 2.66. The summed E-state index contributed by atoms with van der Waals surface area (Å²) < 4.78 is 5.26. The molecule has 0 atom stereocenters. The average molecular weight is 276 g/mol. The number of benzene rings is 1. The molecule has 0 bridgehead atoms. The number of nitrogens with two attached hydrogens (primary N) is 1. The van der Waals surface area contributed by atoms with Crippen LogP contribution in [0.25, 0.3) is 0 Å². The first-order valence-electron chi connectivity index (χ1n) is 7.11. The molecule has 1 aromatic rings. The predicted molar refractivity (Wildman–Crippen MR) is 81.0 cm³/mol. The third kappa shape index (κ3) is 3.52. The van der Waals surface area contributed by atoms with Crippen molar-refractivity contribution in [3.05, 3.63) is 35.9 Å². The monoisotopic (exact) mass is 276 g/mol. The quantitative estimate of drug-likeness (QED) is 0.808. The first-order chi connectivity index (χ1) is 9.63. The summed E-state index contributed by atoms with van der Waals surface area (Å²) in [7, 11) is 1.58. The lowest BCUT2D eigenvalue weighted by Gasteiger charge is -2.30. The molecular weight excluding hydrogens is 252 g/mol. The number of ether oxygens (including phenoxy) is 1. The normalized spacial score (nSPS) is 17.1. The fraction of sp³-hybridized carbons (Fsp3) is 0.500. The first kappa shape index (κ1) is 14.9. The molecule has 4 nitrogen and oxygen atoms in total. The molecule has 2 rings (SSSR count). The highest BCUT2D eigenvalue weighted by atomic mass is 16.5. The van der Waals surface area contributed by atoms with Gasteiger partial charge >= 0.3 is 0 Å². The third-order valence-corrected chi connectivity index (χ3v) is 3.84. The molecule has 1 heterocycles. The number of phenolic OH excluding ortho intramolecular Hbond substituents is 1. The molecule has 1 saturated heterocycles. The number of hydrogen-bond acceptors (Lipinski definition) is 4. The smallest absolute Gasteiger partial charge is 0.161 e. The molecular formula is C16H24N2O2. The standard InChI is InChI=1S/C16H24N2O2/c1-3-4-13-9-12(10-15(20-2)16(13)19)11-18-7-5-14(17)6-8-18/h3,9-10,14,19H,1,4-8,11,17H2,2H3. The van der Waals surface area contributed by atoms with Gasteiger partial charge in [0.2, 0.25) is 0 Å². The van der Waals surface area contributed by atoms with E-state index in [2.05, 4.69) is 11.5 Å². The Labute approximate surface area is 120 Å². The lowest BCUT2D eigenvalue weighted by atomic mass is 10.0. The number of likely N-dealkylation sites (tertiary alicyclic amines) is 1. The maximum absolute atomic E-state index is 10.1. The van der Waals surface area contributed by atoms with Gasteiger partial charge in [-0.25, -0.2) is 0 Å². The molecule has 0 aromatic heterocycles. The van der Waals surface area contributed by atoms with Gasteiger partial charge in [0.25, 0.3) is 0 Å². The average Bonchev–Trinajstić information content (AvgIpc) is 2.45. The van der Waals surface area contributed by atoms with Gasteiger partial charge < -0.3 is 15.6 Å². The molecule has 1 aliphatic heterocycles. The lowest BCUT2D eigenvalue weighted by Crippen LogP contribution is -2.39. The van der Waals surface area contributed by atoms with Crippen molar-refractivity contribution in [2.75, 3.05) is 20.2 Å². The number of phenols is 1. The van der Waals surface area contributed by atoms with Crippen LogP contribution in [-0.4, -0.2) is 36.2 Å². The molecule has 0 amide bonds. The molecule has 0 radical (unpaired) electrons. The van der Waals surface area contributed by atoms with E-state index in [1.165, 1.54) is 0 Å². The molecule has 0 saturated carbocycles. The molecule has 110 valence electrons. The number of hydrogen-bond donors (Lipinski definition) is 2. The summed E-state index contributed by atoms with van der Waals surface area (Å²) >= 11 is 0. The molecule has 0 unspecified atom stereocenters. The molecule has 1 aromatic carbocycles. The molecule has 20 heavy (non-hydrogen) atoms. The van der Waals surface area contributed by atoms with E-state index in [1.807, 2.05) is 12.1 Å². The van der Waals surface area contributed by atoms with Gasteiger partial charge in [0.15, 0.2) is 11.5 Å². The summed E-state index contributed by atoms with van der Waals surface area (Å²) in [6, 6.07) is 4.29. The Kier molecular flexibility index (Phi) is 5.04. The van der Waals surface area contributed by atoms with Gasteiger partial charge in [-0.3, -0.25) is 4.90 Å². The van der Waals surface area contributed by atoms with Crippen LogP contribution in [0.5, 0.6) is 11.5 Å². The van der Waals surface area contributed by atoms with E-state index in [0.717, 1.165) is 43.6 Å². The van der Waals surface area contributed by atoms with Gasteiger partial charge in [0, 0.05) is 18.2 Å². The van der Waals surface area contributed by atoms with Crippen LogP contribution in [0, 0.1) is 0 Å². The van der Waals surface area contributed by atoms with Gasteiger partial charge in [0.1, 0.15) is 0 Å². The van der Waals surface area contributed by atoms with Gasteiger partial charge in [-0.15, -0.1) is 6.58 Å². The Bertz CT molecular complexity index is 466. The lowest BCUT2D eigenvalue weighted by molar-refractivity contribution is 0.205. The molecule has 1 aliphatic rings. The Hall–Kier alpha value is -1.52. The van der Waals surface area contributed by atoms with Crippen LogP contribution in [0.15, 0.2) is 24.8 Å². The second-order valence-electron chi connectivity index (χ2n) is 5.41. The summed E-state index contributed by atoms with van der Waals surface area (Å²) in [6.45, 7) is 6.66. The second kappa shape index (κ2) is 6.77. The third-order valence-electron chi connectivity index (χ3n) is 3.84. The number of allylic oxidation sites excluding steroid dienone is 1. The highest BCUT2D eigenvalue weighted by Gasteiger charge is 2.17. The zero-order valence-electron chi connectivity index (χ0n) is 12.1. The summed E-state index contributed by atoms with van der Waals surface area (Å²) in [6.07, 6.45) is 4.53. The number of piperidine rings is 1. The maximum Gasteiger partial charge on any atom is 0.161 e. The molecule has 0 aliphatic carbocycles. The van der Waals surface area contributed by atoms with Crippen molar-refractivity contribution < 1.29 is 9.84 Å². The van der Waals surface area contributed by atoms with Gasteiger partial charge in [-0.2, -0.15) is 0 Å². The van der Waals surface area contributed by atoms with Crippen LogP contribution in [0.3, 0.4) is 0 Å². The topological polar surface area (TPSA) is 58.7 Å². The van der Waals surface area contributed by atoms with Crippen molar-refractivity contribution in [2.24, 2.45) is 5.73 Å². The van der Waals surface area contributed by atoms with Crippen molar-refractivity contribution in [1.29, 1.82) is 0 Å². The van der Waals surface area contributed by atoms with E-state index >= 15 is 0 Å². The van der Waals surface area contributed by atoms with Crippen LogP contribution >= 0.6 is 0 Å². The zero-order chi connectivity index (χ0) is 14.5. The minimum Gasteiger partial charge on any atom is -0.504 e. The van der Waals surface area contributed by atoms with Gasteiger partial charge in [-0.05, 0) is 44.0 Å². The van der Waals surface area contributed by atoms with Crippen molar-refractivity contribution in [3.63, 3.8) is 0 Å². The molecule has 1 fully saturated rings. The van der Waals surface area contributed by atoms with Crippen molar-refractivity contribution in [3.8, 4) is 11.5 Å². The molecule has 4 heteroatoms. The van der Waals surface area contributed by atoms with E-state index < -0.39 is 0 Å². The Balaban J connectivity index is 2.14. The maximum atomic E-state index is 10.1. The van der Waals surface area contributed by atoms with Crippen molar-refractivity contribution in [1.82, 2.24) is 4.90 Å². The summed E-state index contributed by atoms with van der Waals surface area (Å²) in [4.78, 5) is 2.40. The number of aromatic hydroxyl groups is 1. The van der Waals surface area contributed by atoms with Crippen LogP contribution in [0.4, 0.5) is 0 Å². The Morgan fingerprint density at radius 2 is 2.15 bits per heavy atom.